The smallest absolute Gasteiger partial charge is 0.341 e. The topological polar surface area (TPSA) is 66.1 Å². The van der Waals surface area contributed by atoms with Gasteiger partial charge in [0.15, 0.2) is 0 Å². The number of amides is 1. The zero-order chi connectivity index (χ0) is 17.2. The molecule has 1 aliphatic heterocycles. The quantitative estimate of drug-likeness (QED) is 0.832. The third-order valence-corrected chi connectivity index (χ3v) is 4.03. The van der Waals surface area contributed by atoms with Crippen molar-refractivity contribution in [1.29, 1.82) is 5.26 Å². The summed E-state index contributed by atoms with van der Waals surface area (Å²) in [7, 11) is 0. The summed E-state index contributed by atoms with van der Waals surface area (Å²) in [6.07, 6.45) is -2.66. The van der Waals surface area contributed by atoms with Gasteiger partial charge in [0, 0.05) is 19.3 Å². The SMILES string of the molecule is Cc1ccn(CC(=O)N2CCC[C@@H](C(F)(F)F)C2)c(=O)c1C#N. The number of piperidine rings is 1. The van der Waals surface area contributed by atoms with Gasteiger partial charge in [0.25, 0.3) is 5.56 Å². The van der Waals surface area contributed by atoms with Crippen LogP contribution in [-0.2, 0) is 11.3 Å². The lowest BCUT2D eigenvalue weighted by Crippen LogP contribution is -2.46. The van der Waals surface area contributed by atoms with Crippen molar-refractivity contribution >= 4 is 5.91 Å². The van der Waals surface area contributed by atoms with Crippen molar-refractivity contribution in [1.82, 2.24) is 9.47 Å². The number of carbonyl (C=O) groups is 1. The monoisotopic (exact) mass is 327 g/mol. The highest BCUT2D eigenvalue weighted by atomic mass is 19.4. The average molecular weight is 327 g/mol. The number of halogens is 3. The lowest BCUT2D eigenvalue weighted by atomic mass is 9.97. The predicted octanol–water partition coefficient (Wildman–Crippen LogP) is 1.83. The summed E-state index contributed by atoms with van der Waals surface area (Å²) < 4.78 is 39.4. The molecular formula is C15H16F3N3O2. The molecule has 8 heteroatoms. The first-order chi connectivity index (χ1) is 10.7. The number of pyridine rings is 1. The van der Waals surface area contributed by atoms with Gasteiger partial charge in [-0.05, 0) is 31.4 Å². The molecule has 1 aromatic rings. The molecular weight excluding hydrogens is 311 g/mol. The third-order valence-electron chi connectivity index (χ3n) is 4.03. The van der Waals surface area contributed by atoms with E-state index in [0.29, 0.717) is 5.56 Å². The summed E-state index contributed by atoms with van der Waals surface area (Å²) in [6.45, 7) is 1.11. The van der Waals surface area contributed by atoms with Crippen molar-refractivity contribution in [3.8, 4) is 6.07 Å². The van der Waals surface area contributed by atoms with E-state index in [1.165, 1.54) is 12.3 Å². The van der Waals surface area contributed by atoms with Gasteiger partial charge >= 0.3 is 6.18 Å². The molecule has 1 aromatic heterocycles. The van der Waals surface area contributed by atoms with Crippen molar-refractivity contribution in [2.75, 3.05) is 13.1 Å². The maximum atomic E-state index is 12.8. The van der Waals surface area contributed by atoms with Crippen LogP contribution in [0.1, 0.15) is 24.0 Å². The summed E-state index contributed by atoms with van der Waals surface area (Å²) in [4.78, 5) is 25.4. The fourth-order valence-corrected chi connectivity index (χ4v) is 2.64. The number of aromatic nitrogens is 1. The first-order valence-electron chi connectivity index (χ1n) is 7.18. The maximum absolute atomic E-state index is 12.8. The van der Waals surface area contributed by atoms with Gasteiger partial charge in [0.1, 0.15) is 18.2 Å². The summed E-state index contributed by atoms with van der Waals surface area (Å²) in [5.41, 5.74) is -0.173. The molecule has 0 N–H and O–H groups in total. The third kappa shape index (κ3) is 3.73. The molecule has 1 fully saturated rings. The van der Waals surface area contributed by atoms with Gasteiger partial charge in [-0.2, -0.15) is 18.4 Å². The molecule has 0 unspecified atom stereocenters. The molecule has 0 radical (unpaired) electrons. The minimum Gasteiger partial charge on any atom is -0.341 e. The van der Waals surface area contributed by atoms with Crippen LogP contribution in [0.25, 0.3) is 0 Å². The van der Waals surface area contributed by atoms with E-state index in [9.17, 15) is 22.8 Å². The molecule has 124 valence electrons. The van der Waals surface area contributed by atoms with Crippen molar-refractivity contribution in [3.63, 3.8) is 0 Å². The second-order valence-electron chi connectivity index (χ2n) is 5.64. The maximum Gasteiger partial charge on any atom is 0.393 e. The van der Waals surface area contributed by atoms with E-state index >= 15 is 0 Å². The van der Waals surface area contributed by atoms with Gasteiger partial charge in [-0.15, -0.1) is 0 Å². The number of carbonyl (C=O) groups excluding carboxylic acids is 1. The molecule has 0 bridgehead atoms. The standard InChI is InChI=1S/C15H16F3N3O2/c1-10-4-6-21(14(23)12(10)7-19)9-13(22)20-5-2-3-11(8-20)15(16,17)18/h4,6,11H,2-3,5,8-9H2,1H3/t11-/m1/s1. The number of alkyl halides is 3. The van der Waals surface area contributed by atoms with E-state index in [0.717, 1.165) is 9.47 Å². The summed E-state index contributed by atoms with van der Waals surface area (Å²) in [5.74, 6) is -2.07. The number of likely N-dealkylation sites (tertiary alicyclic amines) is 1. The van der Waals surface area contributed by atoms with E-state index in [1.54, 1.807) is 13.0 Å². The van der Waals surface area contributed by atoms with E-state index in [2.05, 4.69) is 0 Å². The fourth-order valence-electron chi connectivity index (χ4n) is 2.64. The van der Waals surface area contributed by atoms with Crippen LogP contribution in [0, 0.1) is 24.2 Å². The summed E-state index contributed by atoms with van der Waals surface area (Å²) in [5, 5.41) is 8.95. The predicted molar refractivity (Wildman–Crippen MR) is 75.5 cm³/mol. The Kier molecular flexibility index (Phi) is 4.78. The van der Waals surface area contributed by atoms with Crippen LogP contribution in [0.3, 0.4) is 0 Å². The Balaban J connectivity index is 2.14. The van der Waals surface area contributed by atoms with Crippen LogP contribution in [0.5, 0.6) is 0 Å². The second-order valence-corrected chi connectivity index (χ2v) is 5.64. The zero-order valence-corrected chi connectivity index (χ0v) is 12.6. The molecule has 1 saturated heterocycles. The van der Waals surface area contributed by atoms with Crippen LogP contribution in [0.2, 0.25) is 0 Å². The minimum absolute atomic E-state index is 0.0103. The molecule has 1 aliphatic rings. The van der Waals surface area contributed by atoms with Crippen molar-refractivity contribution < 1.29 is 18.0 Å². The molecule has 0 spiro atoms. The van der Waals surface area contributed by atoms with E-state index in [-0.39, 0.29) is 38.0 Å². The van der Waals surface area contributed by atoms with Crippen LogP contribution in [-0.4, -0.2) is 34.6 Å². The minimum atomic E-state index is -4.33. The number of hydrogen-bond donors (Lipinski definition) is 0. The Morgan fingerprint density at radius 3 is 2.78 bits per heavy atom. The van der Waals surface area contributed by atoms with Gasteiger partial charge in [-0.3, -0.25) is 9.59 Å². The first kappa shape index (κ1) is 17.1. The highest BCUT2D eigenvalue weighted by molar-refractivity contribution is 5.76. The van der Waals surface area contributed by atoms with Crippen LogP contribution >= 0.6 is 0 Å². The molecule has 0 aliphatic carbocycles. The molecule has 1 atom stereocenters. The number of aryl methyl sites for hydroxylation is 1. The van der Waals surface area contributed by atoms with Crippen LogP contribution in [0.4, 0.5) is 13.2 Å². The van der Waals surface area contributed by atoms with Crippen molar-refractivity contribution in [2.24, 2.45) is 5.92 Å². The second kappa shape index (κ2) is 6.44. The Morgan fingerprint density at radius 1 is 1.48 bits per heavy atom. The van der Waals surface area contributed by atoms with Crippen LogP contribution < -0.4 is 5.56 Å². The average Bonchev–Trinajstić information content (AvgIpc) is 2.50. The Bertz CT molecular complexity index is 703. The fraction of sp³-hybridized carbons (Fsp3) is 0.533. The normalized spacial score (nSPS) is 18.6. The lowest BCUT2D eigenvalue weighted by molar-refractivity contribution is -0.188. The number of nitrogens with zero attached hydrogens (tertiary/aromatic N) is 3. The van der Waals surface area contributed by atoms with E-state index in [4.69, 9.17) is 5.26 Å². The van der Waals surface area contributed by atoms with E-state index < -0.39 is 23.6 Å². The number of nitriles is 1. The number of hydrogen-bond acceptors (Lipinski definition) is 3. The van der Waals surface area contributed by atoms with Gasteiger partial charge in [-0.1, -0.05) is 0 Å². The molecule has 0 saturated carbocycles. The van der Waals surface area contributed by atoms with Crippen molar-refractivity contribution in [2.45, 2.75) is 32.5 Å². The van der Waals surface area contributed by atoms with Gasteiger partial charge < -0.3 is 9.47 Å². The molecule has 23 heavy (non-hydrogen) atoms. The lowest BCUT2D eigenvalue weighted by Gasteiger charge is -2.33. The van der Waals surface area contributed by atoms with Gasteiger partial charge in [0.2, 0.25) is 5.91 Å². The Morgan fingerprint density at radius 2 is 2.17 bits per heavy atom. The van der Waals surface area contributed by atoms with E-state index in [1.807, 2.05) is 0 Å². The molecule has 2 heterocycles. The largest absolute Gasteiger partial charge is 0.393 e. The molecule has 1 amide bonds. The van der Waals surface area contributed by atoms with Crippen molar-refractivity contribution in [3.05, 3.63) is 33.7 Å². The number of rotatable bonds is 2. The Labute approximate surface area is 130 Å². The highest BCUT2D eigenvalue weighted by Crippen LogP contribution is 2.33. The molecule has 2 rings (SSSR count). The summed E-state index contributed by atoms with van der Waals surface area (Å²) in [6, 6.07) is 3.31. The zero-order valence-electron chi connectivity index (χ0n) is 12.6. The summed E-state index contributed by atoms with van der Waals surface area (Å²) >= 11 is 0. The highest BCUT2D eigenvalue weighted by Gasteiger charge is 2.42. The first-order valence-corrected chi connectivity index (χ1v) is 7.18. The van der Waals surface area contributed by atoms with Crippen LogP contribution in [0.15, 0.2) is 17.1 Å². The molecule has 0 aromatic carbocycles. The van der Waals surface area contributed by atoms with Gasteiger partial charge in [0.05, 0.1) is 5.92 Å². The van der Waals surface area contributed by atoms with Gasteiger partial charge in [-0.25, -0.2) is 0 Å². The Hall–Kier alpha value is -2.30. The molecule has 5 nitrogen and oxygen atoms in total.